The molecule has 0 radical (unpaired) electrons. The van der Waals surface area contributed by atoms with Gasteiger partial charge < -0.3 is 9.80 Å². The molecule has 104 valence electrons. The average Bonchev–Trinajstić information content (AvgIpc) is 2.92. The van der Waals surface area contributed by atoms with E-state index in [1.807, 2.05) is 11.8 Å². The number of carbonyl (C=O) groups excluding carboxylic acids is 2. The van der Waals surface area contributed by atoms with E-state index >= 15 is 0 Å². The number of fused-ring (bicyclic) bond motifs is 1. The standard InChI is InChI=1S/C15H22N2O2/c1-11-14(18)16-9-5-8-13(16)15(19)17(11)10-12-6-3-2-4-7-12/h2-3,11-13H,4-10H2,1H3. The fraction of sp³-hybridized carbons (Fsp3) is 0.733. The smallest absolute Gasteiger partial charge is 0.246 e. The second-order valence-electron chi connectivity index (χ2n) is 6.01. The van der Waals surface area contributed by atoms with Crippen LogP contribution in [0.15, 0.2) is 12.2 Å². The molecule has 3 aliphatic rings. The molecule has 0 aromatic carbocycles. The van der Waals surface area contributed by atoms with Crippen LogP contribution in [-0.4, -0.2) is 46.8 Å². The maximum Gasteiger partial charge on any atom is 0.246 e. The third kappa shape index (κ3) is 2.17. The minimum Gasteiger partial charge on any atom is -0.329 e. The molecule has 4 heteroatoms. The number of rotatable bonds is 2. The maximum atomic E-state index is 12.6. The van der Waals surface area contributed by atoms with E-state index < -0.39 is 0 Å². The van der Waals surface area contributed by atoms with Gasteiger partial charge >= 0.3 is 0 Å². The molecular weight excluding hydrogens is 240 g/mol. The Morgan fingerprint density at radius 2 is 2.05 bits per heavy atom. The molecule has 2 amide bonds. The second kappa shape index (κ2) is 4.99. The predicted molar refractivity (Wildman–Crippen MR) is 72.4 cm³/mol. The van der Waals surface area contributed by atoms with Gasteiger partial charge in [-0.25, -0.2) is 0 Å². The molecule has 0 spiro atoms. The van der Waals surface area contributed by atoms with Gasteiger partial charge in [-0.1, -0.05) is 12.2 Å². The number of amides is 2. The summed E-state index contributed by atoms with van der Waals surface area (Å²) >= 11 is 0. The van der Waals surface area contributed by atoms with Gasteiger partial charge in [-0.15, -0.1) is 0 Å². The topological polar surface area (TPSA) is 40.6 Å². The van der Waals surface area contributed by atoms with Crippen molar-refractivity contribution in [3.8, 4) is 0 Å². The van der Waals surface area contributed by atoms with Crippen LogP contribution in [0.1, 0.15) is 39.0 Å². The van der Waals surface area contributed by atoms with Gasteiger partial charge in [-0.05, 0) is 44.9 Å². The van der Waals surface area contributed by atoms with Gasteiger partial charge in [0, 0.05) is 13.1 Å². The maximum absolute atomic E-state index is 12.6. The first kappa shape index (κ1) is 12.7. The van der Waals surface area contributed by atoms with Gasteiger partial charge in [0.1, 0.15) is 12.1 Å². The Bertz CT molecular complexity index is 418. The first-order chi connectivity index (χ1) is 9.18. The summed E-state index contributed by atoms with van der Waals surface area (Å²) in [4.78, 5) is 28.5. The number of piperazine rings is 1. The summed E-state index contributed by atoms with van der Waals surface area (Å²) in [5, 5.41) is 0. The van der Waals surface area contributed by atoms with E-state index in [0.717, 1.165) is 45.2 Å². The Balaban J connectivity index is 1.74. The summed E-state index contributed by atoms with van der Waals surface area (Å²) in [5.41, 5.74) is 0. The Kier molecular flexibility index (Phi) is 3.33. The van der Waals surface area contributed by atoms with Crippen LogP contribution in [0.3, 0.4) is 0 Å². The zero-order valence-electron chi connectivity index (χ0n) is 11.5. The molecule has 0 aromatic heterocycles. The van der Waals surface area contributed by atoms with Crippen LogP contribution in [0.25, 0.3) is 0 Å². The monoisotopic (exact) mass is 262 g/mol. The quantitative estimate of drug-likeness (QED) is 0.709. The Morgan fingerprint density at radius 3 is 2.79 bits per heavy atom. The zero-order chi connectivity index (χ0) is 13.4. The molecule has 19 heavy (non-hydrogen) atoms. The Labute approximate surface area is 114 Å². The molecule has 0 bridgehead atoms. The van der Waals surface area contributed by atoms with Crippen LogP contribution in [0.5, 0.6) is 0 Å². The summed E-state index contributed by atoms with van der Waals surface area (Å²) in [5.74, 6) is 0.852. The highest BCUT2D eigenvalue weighted by Gasteiger charge is 2.46. The van der Waals surface area contributed by atoms with Crippen LogP contribution in [-0.2, 0) is 9.59 Å². The lowest BCUT2D eigenvalue weighted by Crippen LogP contribution is -2.62. The molecule has 2 heterocycles. The molecule has 0 saturated carbocycles. The molecule has 4 nitrogen and oxygen atoms in total. The van der Waals surface area contributed by atoms with E-state index in [0.29, 0.717) is 5.92 Å². The Morgan fingerprint density at radius 1 is 1.21 bits per heavy atom. The van der Waals surface area contributed by atoms with Crippen molar-refractivity contribution in [1.29, 1.82) is 0 Å². The first-order valence-corrected chi connectivity index (χ1v) is 7.44. The minimum atomic E-state index is -0.271. The lowest BCUT2D eigenvalue weighted by Gasteiger charge is -2.42. The number of hydrogen-bond acceptors (Lipinski definition) is 2. The lowest BCUT2D eigenvalue weighted by atomic mass is 9.92. The summed E-state index contributed by atoms with van der Waals surface area (Å²) in [6, 6.07) is -0.435. The van der Waals surface area contributed by atoms with Crippen LogP contribution in [0.4, 0.5) is 0 Å². The van der Waals surface area contributed by atoms with Crippen LogP contribution < -0.4 is 0 Å². The largest absolute Gasteiger partial charge is 0.329 e. The Hall–Kier alpha value is -1.32. The highest BCUT2D eigenvalue weighted by Crippen LogP contribution is 2.29. The summed E-state index contributed by atoms with van der Waals surface area (Å²) in [7, 11) is 0. The average molecular weight is 262 g/mol. The van der Waals surface area contributed by atoms with E-state index in [-0.39, 0.29) is 23.9 Å². The minimum absolute atomic E-state index is 0.147. The van der Waals surface area contributed by atoms with Crippen molar-refractivity contribution in [1.82, 2.24) is 9.80 Å². The molecule has 2 fully saturated rings. The van der Waals surface area contributed by atoms with Gasteiger partial charge in [0.15, 0.2) is 0 Å². The molecule has 0 N–H and O–H groups in total. The van der Waals surface area contributed by atoms with Gasteiger partial charge in [0.2, 0.25) is 11.8 Å². The van der Waals surface area contributed by atoms with E-state index in [2.05, 4.69) is 12.2 Å². The number of nitrogens with zero attached hydrogens (tertiary/aromatic N) is 2. The van der Waals surface area contributed by atoms with Crippen molar-refractivity contribution in [2.24, 2.45) is 5.92 Å². The third-order valence-corrected chi connectivity index (χ3v) is 4.76. The van der Waals surface area contributed by atoms with Crippen molar-refractivity contribution >= 4 is 11.8 Å². The van der Waals surface area contributed by atoms with Crippen LogP contribution in [0, 0.1) is 5.92 Å². The van der Waals surface area contributed by atoms with E-state index in [1.165, 1.54) is 0 Å². The van der Waals surface area contributed by atoms with Gasteiger partial charge in [0.25, 0.3) is 0 Å². The number of hydrogen-bond donors (Lipinski definition) is 0. The van der Waals surface area contributed by atoms with Crippen molar-refractivity contribution in [3.05, 3.63) is 12.2 Å². The predicted octanol–water partition coefficient (Wildman–Crippen LogP) is 1.56. The van der Waals surface area contributed by atoms with Crippen molar-refractivity contribution < 1.29 is 9.59 Å². The SMILES string of the molecule is CC1C(=O)N2CCCC2C(=O)N1CC1CC=CCC1. The summed E-state index contributed by atoms with van der Waals surface area (Å²) in [6.07, 6.45) is 9.51. The van der Waals surface area contributed by atoms with Crippen molar-refractivity contribution in [2.75, 3.05) is 13.1 Å². The van der Waals surface area contributed by atoms with Gasteiger partial charge in [0.05, 0.1) is 0 Å². The molecule has 2 saturated heterocycles. The lowest BCUT2D eigenvalue weighted by molar-refractivity contribution is -0.159. The second-order valence-corrected chi connectivity index (χ2v) is 6.01. The summed E-state index contributed by atoms with van der Waals surface area (Å²) in [6.45, 7) is 3.40. The molecule has 3 rings (SSSR count). The van der Waals surface area contributed by atoms with E-state index in [1.54, 1.807) is 4.90 Å². The fourth-order valence-corrected chi connectivity index (χ4v) is 3.59. The highest BCUT2D eigenvalue weighted by atomic mass is 16.2. The molecule has 3 unspecified atom stereocenters. The van der Waals surface area contributed by atoms with Gasteiger partial charge in [-0.2, -0.15) is 0 Å². The zero-order valence-corrected chi connectivity index (χ0v) is 11.5. The van der Waals surface area contributed by atoms with Crippen molar-refractivity contribution in [2.45, 2.75) is 51.1 Å². The fourth-order valence-electron chi connectivity index (χ4n) is 3.59. The van der Waals surface area contributed by atoms with Crippen LogP contribution in [0.2, 0.25) is 0 Å². The number of allylic oxidation sites excluding steroid dienone is 2. The van der Waals surface area contributed by atoms with E-state index in [4.69, 9.17) is 0 Å². The third-order valence-electron chi connectivity index (χ3n) is 4.76. The van der Waals surface area contributed by atoms with Crippen LogP contribution >= 0.6 is 0 Å². The number of carbonyl (C=O) groups is 2. The molecule has 0 aromatic rings. The van der Waals surface area contributed by atoms with Gasteiger partial charge in [-0.3, -0.25) is 9.59 Å². The molecule has 3 atom stereocenters. The molecule has 1 aliphatic carbocycles. The normalized spacial score (nSPS) is 34.9. The highest BCUT2D eigenvalue weighted by molar-refractivity contribution is 5.97. The molecule has 2 aliphatic heterocycles. The van der Waals surface area contributed by atoms with E-state index in [9.17, 15) is 9.59 Å². The van der Waals surface area contributed by atoms with Crippen molar-refractivity contribution in [3.63, 3.8) is 0 Å². The molecular formula is C15H22N2O2. The first-order valence-electron chi connectivity index (χ1n) is 7.44. The summed E-state index contributed by atoms with van der Waals surface area (Å²) < 4.78 is 0.